The van der Waals surface area contributed by atoms with Crippen molar-refractivity contribution >= 4 is 29.1 Å². The number of halogens is 3. The first-order chi connectivity index (χ1) is 16.3. The Morgan fingerprint density at radius 2 is 2.00 bits per heavy atom. The number of anilines is 2. The standard InChI is InChI=1S/C22H23ClF2N6O3/c1-13(2)31-6-5-17(29-31)19-16(23)12-26-22(28-19)27-14-3-4-15(18(11-14)34-21(24)25)20(32)30-7-9-33-10-8-30/h3-6,11-13,21H,7-10H2,1-2H3,(H,26,27,28). The van der Waals surface area contributed by atoms with Crippen LogP contribution >= 0.6 is 11.6 Å². The topological polar surface area (TPSA) is 94.4 Å². The fourth-order valence-corrected chi connectivity index (χ4v) is 3.58. The number of rotatable bonds is 7. The third-order valence-corrected chi connectivity index (χ3v) is 5.38. The van der Waals surface area contributed by atoms with Crippen molar-refractivity contribution < 1.29 is 23.0 Å². The minimum Gasteiger partial charge on any atom is -0.434 e. The minimum atomic E-state index is -3.10. The molecule has 12 heteroatoms. The summed E-state index contributed by atoms with van der Waals surface area (Å²) in [5.74, 6) is -0.480. The summed E-state index contributed by atoms with van der Waals surface area (Å²) in [7, 11) is 0. The van der Waals surface area contributed by atoms with Gasteiger partial charge in [-0.1, -0.05) is 11.6 Å². The molecule has 2 aromatic heterocycles. The van der Waals surface area contributed by atoms with Crippen molar-refractivity contribution in [1.82, 2.24) is 24.6 Å². The molecule has 0 unspecified atom stereocenters. The predicted octanol–water partition coefficient (Wildman–Crippen LogP) is 4.39. The second kappa shape index (κ2) is 10.3. The Kier molecular flexibility index (Phi) is 7.23. The molecule has 1 fully saturated rings. The Labute approximate surface area is 199 Å². The number of ether oxygens (including phenoxy) is 2. The third kappa shape index (κ3) is 5.42. The molecule has 3 aromatic rings. The normalized spacial score (nSPS) is 14.0. The van der Waals surface area contributed by atoms with Gasteiger partial charge in [0, 0.05) is 37.1 Å². The third-order valence-electron chi connectivity index (χ3n) is 5.11. The first kappa shape index (κ1) is 23.8. The van der Waals surface area contributed by atoms with E-state index in [9.17, 15) is 13.6 Å². The lowest BCUT2D eigenvalue weighted by Crippen LogP contribution is -2.40. The van der Waals surface area contributed by atoms with Crippen LogP contribution in [0.5, 0.6) is 5.75 Å². The number of carbonyl (C=O) groups is 1. The second-order valence-corrected chi connectivity index (χ2v) is 8.19. The molecule has 9 nitrogen and oxygen atoms in total. The number of nitrogens with one attached hydrogen (secondary N) is 1. The van der Waals surface area contributed by atoms with Crippen LogP contribution in [0.4, 0.5) is 20.4 Å². The van der Waals surface area contributed by atoms with Crippen molar-refractivity contribution in [2.45, 2.75) is 26.5 Å². The molecule has 0 spiro atoms. The monoisotopic (exact) mass is 492 g/mol. The van der Waals surface area contributed by atoms with Crippen molar-refractivity contribution in [1.29, 1.82) is 0 Å². The molecule has 1 N–H and O–H groups in total. The van der Waals surface area contributed by atoms with E-state index in [4.69, 9.17) is 16.3 Å². The van der Waals surface area contributed by atoms with Gasteiger partial charge in [-0.25, -0.2) is 9.97 Å². The molecule has 0 aliphatic carbocycles. The van der Waals surface area contributed by atoms with E-state index in [1.54, 1.807) is 16.8 Å². The maximum atomic E-state index is 13.1. The van der Waals surface area contributed by atoms with Crippen LogP contribution in [0.1, 0.15) is 30.2 Å². The zero-order valence-corrected chi connectivity index (χ0v) is 19.3. The summed E-state index contributed by atoms with van der Waals surface area (Å²) in [6, 6.07) is 6.26. The average Bonchev–Trinajstić information content (AvgIpc) is 3.31. The second-order valence-electron chi connectivity index (χ2n) is 7.78. The molecule has 1 amide bonds. The van der Waals surface area contributed by atoms with E-state index in [0.29, 0.717) is 48.4 Å². The van der Waals surface area contributed by atoms with Gasteiger partial charge in [-0.15, -0.1) is 0 Å². The van der Waals surface area contributed by atoms with Crippen LogP contribution in [0.2, 0.25) is 5.02 Å². The summed E-state index contributed by atoms with van der Waals surface area (Å²) >= 11 is 6.28. The molecule has 180 valence electrons. The van der Waals surface area contributed by atoms with Gasteiger partial charge in [0.25, 0.3) is 5.91 Å². The molecular weight excluding hydrogens is 470 g/mol. The maximum absolute atomic E-state index is 13.1. The van der Waals surface area contributed by atoms with Crippen LogP contribution in [-0.2, 0) is 4.74 Å². The first-order valence-corrected chi connectivity index (χ1v) is 11.0. The van der Waals surface area contributed by atoms with Crippen molar-refractivity contribution in [2.75, 3.05) is 31.6 Å². The molecule has 1 aliphatic rings. The molecule has 3 heterocycles. The summed E-state index contributed by atoms with van der Waals surface area (Å²) in [5, 5.41) is 7.73. The molecule has 0 saturated carbocycles. The van der Waals surface area contributed by atoms with Gasteiger partial charge >= 0.3 is 6.61 Å². The number of hydrogen-bond donors (Lipinski definition) is 1. The number of morpholine rings is 1. The Morgan fingerprint density at radius 3 is 2.68 bits per heavy atom. The smallest absolute Gasteiger partial charge is 0.387 e. The van der Waals surface area contributed by atoms with Gasteiger partial charge in [0.1, 0.15) is 17.1 Å². The summed E-state index contributed by atoms with van der Waals surface area (Å²) in [4.78, 5) is 23.0. The average molecular weight is 493 g/mol. The van der Waals surface area contributed by atoms with Gasteiger partial charge in [-0.05, 0) is 32.0 Å². The number of carbonyl (C=O) groups excluding carboxylic acids is 1. The van der Waals surface area contributed by atoms with E-state index in [1.807, 2.05) is 20.0 Å². The van der Waals surface area contributed by atoms with E-state index >= 15 is 0 Å². The van der Waals surface area contributed by atoms with Gasteiger partial charge < -0.3 is 19.7 Å². The molecule has 1 aliphatic heterocycles. The van der Waals surface area contributed by atoms with E-state index < -0.39 is 12.5 Å². The number of hydrogen-bond acceptors (Lipinski definition) is 7. The maximum Gasteiger partial charge on any atom is 0.387 e. The highest BCUT2D eigenvalue weighted by Crippen LogP contribution is 2.30. The Balaban J connectivity index is 1.60. The fourth-order valence-electron chi connectivity index (χ4n) is 3.40. The van der Waals surface area contributed by atoms with Gasteiger partial charge in [0.2, 0.25) is 5.95 Å². The van der Waals surface area contributed by atoms with Crippen molar-refractivity contribution in [3.8, 4) is 17.1 Å². The summed E-state index contributed by atoms with van der Waals surface area (Å²) in [6.45, 7) is 2.43. The number of nitrogens with zero attached hydrogens (tertiary/aromatic N) is 5. The quantitative estimate of drug-likeness (QED) is 0.522. The highest BCUT2D eigenvalue weighted by molar-refractivity contribution is 6.32. The van der Waals surface area contributed by atoms with E-state index in [1.165, 1.54) is 23.2 Å². The molecule has 4 rings (SSSR count). The fraction of sp³-hybridized carbons (Fsp3) is 0.364. The molecule has 1 saturated heterocycles. The lowest BCUT2D eigenvalue weighted by Gasteiger charge is -2.27. The van der Waals surface area contributed by atoms with Crippen molar-refractivity contribution in [3.05, 3.63) is 47.2 Å². The van der Waals surface area contributed by atoms with Gasteiger partial charge in [0.05, 0.1) is 30.0 Å². The van der Waals surface area contributed by atoms with Gasteiger partial charge in [0.15, 0.2) is 0 Å². The zero-order valence-electron chi connectivity index (χ0n) is 18.5. The number of alkyl halides is 2. The lowest BCUT2D eigenvalue weighted by molar-refractivity contribution is -0.0503. The Hall–Kier alpha value is -3.31. The van der Waals surface area contributed by atoms with Crippen LogP contribution < -0.4 is 10.1 Å². The molecule has 1 aromatic carbocycles. The summed E-state index contributed by atoms with van der Waals surface area (Å²) in [6.07, 6.45) is 3.25. The molecular formula is C22H23ClF2N6O3. The number of aromatic nitrogens is 4. The number of amides is 1. The summed E-state index contributed by atoms with van der Waals surface area (Å²) < 4.78 is 37.8. The van der Waals surface area contributed by atoms with Gasteiger partial charge in [-0.2, -0.15) is 13.9 Å². The first-order valence-electron chi connectivity index (χ1n) is 10.6. The van der Waals surface area contributed by atoms with Crippen LogP contribution in [-0.4, -0.2) is 63.5 Å². The van der Waals surface area contributed by atoms with Crippen molar-refractivity contribution in [3.63, 3.8) is 0 Å². The van der Waals surface area contributed by atoms with E-state index in [0.717, 1.165) is 0 Å². The molecule has 0 radical (unpaired) electrons. The zero-order chi connectivity index (χ0) is 24.2. The van der Waals surface area contributed by atoms with Crippen LogP contribution in [0.25, 0.3) is 11.4 Å². The predicted molar refractivity (Wildman–Crippen MR) is 122 cm³/mol. The van der Waals surface area contributed by atoms with E-state index in [-0.39, 0.29) is 23.3 Å². The minimum absolute atomic E-state index is 0.0321. The van der Waals surface area contributed by atoms with Crippen LogP contribution in [0.15, 0.2) is 36.7 Å². The molecule has 34 heavy (non-hydrogen) atoms. The largest absolute Gasteiger partial charge is 0.434 e. The van der Waals surface area contributed by atoms with Crippen LogP contribution in [0.3, 0.4) is 0 Å². The molecule has 0 bridgehead atoms. The van der Waals surface area contributed by atoms with Gasteiger partial charge in [-0.3, -0.25) is 9.48 Å². The highest BCUT2D eigenvalue weighted by Gasteiger charge is 2.24. The number of benzene rings is 1. The molecule has 0 atom stereocenters. The Morgan fingerprint density at radius 1 is 1.24 bits per heavy atom. The van der Waals surface area contributed by atoms with E-state index in [2.05, 4.69) is 25.1 Å². The van der Waals surface area contributed by atoms with Crippen molar-refractivity contribution in [2.24, 2.45) is 0 Å². The lowest BCUT2D eigenvalue weighted by atomic mass is 10.1. The SMILES string of the molecule is CC(C)n1ccc(-c2nc(Nc3ccc(C(=O)N4CCOCC4)c(OC(F)F)c3)ncc2Cl)n1. The Bertz CT molecular complexity index is 1170. The van der Waals surface area contributed by atoms with Crippen LogP contribution in [0, 0.1) is 0 Å². The highest BCUT2D eigenvalue weighted by atomic mass is 35.5. The summed E-state index contributed by atoms with van der Waals surface area (Å²) in [5.41, 5.74) is 1.37.